The smallest absolute Gasteiger partial charge is 0.141 e. The second-order valence-corrected chi connectivity index (χ2v) is 6.66. The third-order valence-electron chi connectivity index (χ3n) is 2.50. The number of nitrogen functional groups attached to an aromatic ring is 1. The molecule has 0 aliphatic heterocycles. The van der Waals surface area contributed by atoms with Gasteiger partial charge < -0.3 is 5.73 Å². The Bertz CT molecular complexity index is 651. The molecule has 2 nitrogen and oxygen atoms in total. The summed E-state index contributed by atoms with van der Waals surface area (Å²) in [4.78, 5) is 0.559. The van der Waals surface area contributed by atoms with Crippen LogP contribution in [0.1, 0.15) is 5.56 Å². The van der Waals surface area contributed by atoms with Gasteiger partial charge in [0.15, 0.2) is 0 Å². The van der Waals surface area contributed by atoms with E-state index >= 15 is 0 Å². The van der Waals surface area contributed by atoms with Crippen LogP contribution >= 0.6 is 27.5 Å². The van der Waals surface area contributed by atoms with Crippen LogP contribution in [-0.4, -0.2) is 4.21 Å². The summed E-state index contributed by atoms with van der Waals surface area (Å²) in [6.45, 7) is 0. The van der Waals surface area contributed by atoms with Crippen molar-refractivity contribution in [3.63, 3.8) is 0 Å². The zero-order valence-corrected chi connectivity index (χ0v) is 12.9. The lowest BCUT2D eigenvalue weighted by Crippen LogP contribution is -2.01. The largest absolute Gasteiger partial charge is 0.398 e. The van der Waals surface area contributed by atoms with Crippen molar-refractivity contribution in [2.45, 2.75) is 10.6 Å². The lowest BCUT2D eigenvalue weighted by molar-refractivity contribution is 0.627. The van der Waals surface area contributed by atoms with Crippen molar-refractivity contribution in [1.29, 1.82) is 0 Å². The van der Waals surface area contributed by atoms with Crippen LogP contribution in [0, 0.1) is 5.82 Å². The fraction of sp³-hybridized carbons (Fsp3) is 0.0769. The molecule has 0 amide bonds. The molecular formula is C13H10BrClFNOS. The van der Waals surface area contributed by atoms with E-state index in [9.17, 15) is 8.60 Å². The first-order valence-corrected chi connectivity index (χ1v) is 7.83. The molecule has 0 spiro atoms. The minimum absolute atomic E-state index is 0.0262. The van der Waals surface area contributed by atoms with Gasteiger partial charge in [0, 0.05) is 10.2 Å². The fourth-order valence-electron chi connectivity index (χ4n) is 1.59. The van der Waals surface area contributed by atoms with Crippen molar-refractivity contribution in [3.05, 3.63) is 57.3 Å². The maximum atomic E-state index is 13.0. The minimum Gasteiger partial charge on any atom is -0.398 e. The molecule has 0 aliphatic rings. The van der Waals surface area contributed by atoms with Crippen molar-refractivity contribution in [2.24, 2.45) is 0 Å². The summed E-state index contributed by atoms with van der Waals surface area (Å²) in [5.74, 6) is -0.245. The minimum atomic E-state index is -1.30. The monoisotopic (exact) mass is 361 g/mol. The molecule has 0 saturated carbocycles. The molecule has 1 unspecified atom stereocenters. The first-order chi connectivity index (χ1) is 8.97. The number of benzene rings is 2. The Balaban J connectivity index is 2.23. The highest BCUT2D eigenvalue weighted by atomic mass is 79.9. The summed E-state index contributed by atoms with van der Waals surface area (Å²) in [5.41, 5.74) is 6.98. The average molecular weight is 363 g/mol. The molecule has 0 bridgehead atoms. The van der Waals surface area contributed by atoms with Gasteiger partial charge >= 0.3 is 0 Å². The van der Waals surface area contributed by atoms with Crippen LogP contribution in [0.2, 0.25) is 5.02 Å². The molecule has 2 rings (SSSR count). The van der Waals surface area contributed by atoms with Gasteiger partial charge in [-0.3, -0.25) is 4.21 Å². The van der Waals surface area contributed by atoms with E-state index in [0.717, 1.165) is 4.47 Å². The maximum absolute atomic E-state index is 13.0. The van der Waals surface area contributed by atoms with Gasteiger partial charge in [0.1, 0.15) is 5.82 Å². The van der Waals surface area contributed by atoms with Gasteiger partial charge in [0.05, 0.1) is 26.5 Å². The zero-order valence-electron chi connectivity index (χ0n) is 9.70. The number of anilines is 1. The molecule has 0 radical (unpaired) electrons. The fourth-order valence-corrected chi connectivity index (χ4v) is 3.35. The Labute approximate surface area is 126 Å². The van der Waals surface area contributed by atoms with Gasteiger partial charge in [-0.2, -0.15) is 0 Å². The molecule has 0 fully saturated rings. The number of hydrogen-bond acceptors (Lipinski definition) is 2. The van der Waals surface area contributed by atoms with Gasteiger partial charge in [-0.05, 0) is 35.9 Å². The molecule has 2 aromatic rings. The third kappa shape index (κ3) is 3.55. The average Bonchev–Trinajstić information content (AvgIpc) is 2.33. The predicted molar refractivity (Wildman–Crippen MR) is 80.1 cm³/mol. The van der Waals surface area contributed by atoms with E-state index in [2.05, 4.69) is 15.9 Å². The van der Waals surface area contributed by atoms with E-state index in [1.54, 1.807) is 24.3 Å². The van der Waals surface area contributed by atoms with Crippen LogP contribution in [0.25, 0.3) is 0 Å². The number of rotatable bonds is 3. The summed E-state index contributed by atoms with van der Waals surface area (Å²) in [5, 5.41) is 0.0262. The Morgan fingerprint density at radius 3 is 2.63 bits per heavy atom. The molecule has 6 heteroatoms. The van der Waals surface area contributed by atoms with Crippen LogP contribution in [0.5, 0.6) is 0 Å². The second kappa shape index (κ2) is 6.03. The first-order valence-electron chi connectivity index (χ1n) is 5.34. The number of nitrogens with two attached hydrogens (primary N) is 1. The summed E-state index contributed by atoms with van der Waals surface area (Å²) in [6, 6.07) is 9.49. The van der Waals surface area contributed by atoms with Crippen LogP contribution in [-0.2, 0) is 16.6 Å². The summed E-state index contributed by atoms with van der Waals surface area (Å²) in [6.07, 6.45) is 0. The van der Waals surface area contributed by atoms with Crippen molar-refractivity contribution >= 4 is 44.0 Å². The maximum Gasteiger partial charge on any atom is 0.141 e. The van der Waals surface area contributed by atoms with Crippen molar-refractivity contribution < 1.29 is 8.60 Å². The van der Waals surface area contributed by atoms with E-state index in [1.807, 2.05) is 0 Å². The highest BCUT2D eigenvalue weighted by Gasteiger charge is 2.10. The highest BCUT2D eigenvalue weighted by Crippen LogP contribution is 2.24. The van der Waals surface area contributed by atoms with Crippen molar-refractivity contribution in [3.8, 4) is 0 Å². The molecule has 1 atom stereocenters. The van der Waals surface area contributed by atoms with Crippen LogP contribution in [0.4, 0.5) is 10.1 Å². The molecular weight excluding hydrogens is 353 g/mol. The Hall–Kier alpha value is -0.910. The van der Waals surface area contributed by atoms with Gasteiger partial charge in [0.2, 0.25) is 0 Å². The third-order valence-corrected chi connectivity index (χ3v) is 4.74. The van der Waals surface area contributed by atoms with E-state index in [-0.39, 0.29) is 10.8 Å². The van der Waals surface area contributed by atoms with Crippen LogP contribution < -0.4 is 5.73 Å². The number of halogens is 3. The molecule has 0 saturated heterocycles. The molecule has 2 aromatic carbocycles. The van der Waals surface area contributed by atoms with Gasteiger partial charge in [-0.15, -0.1) is 0 Å². The van der Waals surface area contributed by atoms with Gasteiger partial charge in [-0.25, -0.2) is 4.39 Å². The van der Waals surface area contributed by atoms with Crippen LogP contribution in [0.3, 0.4) is 0 Å². The zero-order chi connectivity index (χ0) is 14.0. The summed E-state index contributed by atoms with van der Waals surface area (Å²) < 4.78 is 26.1. The Morgan fingerprint density at radius 1 is 1.26 bits per heavy atom. The molecule has 0 aliphatic carbocycles. The topological polar surface area (TPSA) is 43.1 Å². The molecule has 100 valence electrons. The number of hydrogen-bond donors (Lipinski definition) is 1. The standard InChI is InChI=1S/C13H10BrClFNOS/c14-9-2-4-13(12(17)6-9)19(18)7-8-1-3-11(16)10(15)5-8/h1-6H,7,17H2. The first kappa shape index (κ1) is 14.5. The molecule has 0 heterocycles. The highest BCUT2D eigenvalue weighted by molar-refractivity contribution is 9.10. The van der Waals surface area contributed by atoms with Crippen molar-refractivity contribution in [1.82, 2.24) is 0 Å². The second-order valence-electron chi connectivity index (χ2n) is 3.92. The van der Waals surface area contributed by atoms with Gasteiger partial charge in [0.25, 0.3) is 0 Å². The summed E-state index contributed by atoms with van der Waals surface area (Å²) in [7, 11) is -1.30. The lowest BCUT2D eigenvalue weighted by Gasteiger charge is -2.07. The quantitative estimate of drug-likeness (QED) is 0.834. The van der Waals surface area contributed by atoms with E-state index in [4.69, 9.17) is 17.3 Å². The molecule has 2 N–H and O–H groups in total. The van der Waals surface area contributed by atoms with E-state index in [1.165, 1.54) is 12.1 Å². The summed E-state index contributed by atoms with van der Waals surface area (Å²) >= 11 is 8.98. The molecule has 0 aromatic heterocycles. The van der Waals surface area contributed by atoms with Crippen molar-refractivity contribution in [2.75, 3.05) is 5.73 Å². The SMILES string of the molecule is Nc1cc(Br)ccc1S(=O)Cc1ccc(F)c(Cl)c1. The predicted octanol–water partition coefficient (Wildman–Crippen LogP) is 4.13. The molecule has 19 heavy (non-hydrogen) atoms. The van der Waals surface area contributed by atoms with Crippen LogP contribution in [0.15, 0.2) is 45.8 Å². The Morgan fingerprint density at radius 2 is 2.00 bits per heavy atom. The van der Waals surface area contributed by atoms with E-state index in [0.29, 0.717) is 16.1 Å². The Kier molecular flexibility index (Phi) is 4.60. The van der Waals surface area contributed by atoms with Gasteiger partial charge in [-0.1, -0.05) is 33.6 Å². The van der Waals surface area contributed by atoms with E-state index < -0.39 is 16.6 Å². The normalized spacial score (nSPS) is 12.4. The lowest BCUT2D eigenvalue weighted by atomic mass is 10.2.